The van der Waals surface area contributed by atoms with Gasteiger partial charge in [0.05, 0.1) is 33.9 Å². The Bertz CT molecular complexity index is 1090. The van der Waals surface area contributed by atoms with Crippen LogP contribution in [0.4, 0.5) is 0 Å². The standard InChI is InChI=1S/C19H18ClN3O3S/c1-19(2)11-22(8-9-26-19)17(24)14-10-12(5-6-15(14)20)23-18(25)13-4-3-7-21-16(13)27-23/h3-7,10H,8-9,11H2,1-2H3. The summed E-state index contributed by atoms with van der Waals surface area (Å²) in [5, 5.41) is 0.917. The lowest BCUT2D eigenvalue weighted by atomic mass is 10.1. The van der Waals surface area contributed by atoms with Crippen molar-refractivity contribution >= 4 is 39.3 Å². The quantitative estimate of drug-likeness (QED) is 0.658. The summed E-state index contributed by atoms with van der Waals surface area (Å²) in [4.78, 5) is 32.3. The highest BCUT2D eigenvalue weighted by atomic mass is 35.5. The first-order valence-electron chi connectivity index (χ1n) is 8.56. The summed E-state index contributed by atoms with van der Waals surface area (Å²) < 4.78 is 7.21. The number of halogens is 1. The number of carbonyl (C=O) groups excluding carboxylic acids is 1. The third-order valence-electron chi connectivity index (χ3n) is 4.49. The van der Waals surface area contributed by atoms with E-state index in [0.717, 1.165) is 0 Å². The minimum Gasteiger partial charge on any atom is -0.372 e. The number of pyridine rings is 1. The van der Waals surface area contributed by atoms with Crippen molar-refractivity contribution in [3.8, 4) is 5.69 Å². The fourth-order valence-corrected chi connectivity index (χ4v) is 4.33. The molecule has 0 atom stereocenters. The number of nitrogens with zero attached hydrogens (tertiary/aromatic N) is 3. The number of amides is 1. The SMILES string of the molecule is CC1(C)CN(C(=O)c2cc(-n3sc4ncccc4c3=O)ccc2Cl)CCO1. The van der Waals surface area contributed by atoms with Crippen molar-refractivity contribution in [2.75, 3.05) is 19.7 Å². The van der Waals surface area contributed by atoms with Gasteiger partial charge in [0, 0.05) is 19.3 Å². The molecular weight excluding hydrogens is 386 g/mol. The van der Waals surface area contributed by atoms with Crippen LogP contribution >= 0.6 is 23.1 Å². The van der Waals surface area contributed by atoms with E-state index < -0.39 is 5.60 Å². The topological polar surface area (TPSA) is 64.4 Å². The number of aromatic nitrogens is 2. The van der Waals surface area contributed by atoms with Gasteiger partial charge < -0.3 is 9.64 Å². The van der Waals surface area contributed by atoms with Gasteiger partial charge in [0.25, 0.3) is 11.5 Å². The Hall–Kier alpha value is -2.22. The maximum absolute atomic E-state index is 13.0. The van der Waals surface area contributed by atoms with Crippen LogP contribution in [-0.4, -0.2) is 45.0 Å². The van der Waals surface area contributed by atoms with Crippen LogP contribution in [0.25, 0.3) is 15.9 Å². The number of carbonyl (C=O) groups is 1. The average molecular weight is 404 g/mol. The zero-order chi connectivity index (χ0) is 19.2. The van der Waals surface area contributed by atoms with E-state index in [1.807, 2.05) is 13.8 Å². The second-order valence-electron chi connectivity index (χ2n) is 7.05. The van der Waals surface area contributed by atoms with Crippen molar-refractivity contribution in [1.82, 2.24) is 13.8 Å². The van der Waals surface area contributed by atoms with E-state index >= 15 is 0 Å². The summed E-state index contributed by atoms with van der Waals surface area (Å²) >= 11 is 7.56. The summed E-state index contributed by atoms with van der Waals surface area (Å²) in [6, 6.07) is 8.54. The fourth-order valence-electron chi connectivity index (χ4n) is 3.20. The highest BCUT2D eigenvalue weighted by Crippen LogP contribution is 2.26. The molecule has 0 unspecified atom stereocenters. The monoisotopic (exact) mass is 403 g/mol. The van der Waals surface area contributed by atoms with E-state index in [9.17, 15) is 9.59 Å². The van der Waals surface area contributed by atoms with Gasteiger partial charge in [0.15, 0.2) is 0 Å². The molecule has 6 nitrogen and oxygen atoms in total. The number of hydrogen-bond acceptors (Lipinski definition) is 5. The number of rotatable bonds is 2. The highest BCUT2D eigenvalue weighted by molar-refractivity contribution is 7.13. The van der Waals surface area contributed by atoms with Gasteiger partial charge in [0.1, 0.15) is 4.83 Å². The number of ether oxygens (including phenoxy) is 1. The molecule has 1 aromatic carbocycles. The normalized spacial score (nSPS) is 16.6. The molecule has 1 aliphatic rings. The molecule has 0 bridgehead atoms. The van der Waals surface area contributed by atoms with Crippen molar-refractivity contribution in [3.05, 3.63) is 57.5 Å². The Morgan fingerprint density at radius 2 is 2.15 bits per heavy atom. The van der Waals surface area contributed by atoms with Gasteiger partial charge in [-0.1, -0.05) is 11.6 Å². The Kier molecular flexibility index (Phi) is 4.53. The van der Waals surface area contributed by atoms with Crippen molar-refractivity contribution in [1.29, 1.82) is 0 Å². The summed E-state index contributed by atoms with van der Waals surface area (Å²) in [6.45, 7) is 5.38. The maximum Gasteiger partial charge on any atom is 0.274 e. The Balaban J connectivity index is 1.74. The average Bonchev–Trinajstić information content (AvgIpc) is 2.98. The first kappa shape index (κ1) is 18.2. The van der Waals surface area contributed by atoms with E-state index in [2.05, 4.69) is 4.98 Å². The maximum atomic E-state index is 13.0. The van der Waals surface area contributed by atoms with Gasteiger partial charge in [0.2, 0.25) is 0 Å². The minimum absolute atomic E-state index is 0.156. The van der Waals surface area contributed by atoms with Gasteiger partial charge in [-0.05, 0) is 55.7 Å². The molecule has 0 spiro atoms. The van der Waals surface area contributed by atoms with Gasteiger partial charge in [-0.3, -0.25) is 9.59 Å². The predicted octanol–water partition coefficient (Wildman–Crippen LogP) is 3.35. The number of benzene rings is 1. The van der Waals surface area contributed by atoms with Crippen LogP contribution in [-0.2, 0) is 4.74 Å². The third-order valence-corrected chi connectivity index (χ3v) is 5.88. The van der Waals surface area contributed by atoms with E-state index in [1.165, 1.54) is 15.5 Å². The summed E-state index contributed by atoms with van der Waals surface area (Å²) in [5.74, 6) is -0.162. The molecule has 1 saturated heterocycles. The molecule has 0 saturated carbocycles. The molecule has 8 heteroatoms. The van der Waals surface area contributed by atoms with Crippen LogP contribution in [0, 0.1) is 0 Å². The fraction of sp³-hybridized carbons (Fsp3) is 0.316. The first-order valence-corrected chi connectivity index (χ1v) is 9.71. The van der Waals surface area contributed by atoms with E-state index in [-0.39, 0.29) is 11.5 Å². The molecule has 1 amide bonds. The van der Waals surface area contributed by atoms with E-state index in [4.69, 9.17) is 16.3 Å². The Labute approximate surface area is 165 Å². The van der Waals surface area contributed by atoms with Gasteiger partial charge in [-0.25, -0.2) is 8.94 Å². The summed E-state index contributed by atoms with van der Waals surface area (Å²) in [7, 11) is 0. The van der Waals surface area contributed by atoms with Crippen molar-refractivity contribution in [2.24, 2.45) is 0 Å². The van der Waals surface area contributed by atoms with Crippen LogP contribution in [0.3, 0.4) is 0 Å². The minimum atomic E-state index is -0.397. The van der Waals surface area contributed by atoms with Gasteiger partial charge >= 0.3 is 0 Å². The van der Waals surface area contributed by atoms with Crippen LogP contribution in [0.1, 0.15) is 24.2 Å². The molecule has 1 fully saturated rings. The second-order valence-corrected chi connectivity index (χ2v) is 8.39. The number of fused-ring (bicyclic) bond motifs is 1. The number of morpholine rings is 1. The van der Waals surface area contributed by atoms with E-state index in [1.54, 1.807) is 41.4 Å². The first-order chi connectivity index (χ1) is 12.9. The number of hydrogen-bond donors (Lipinski definition) is 0. The summed E-state index contributed by atoms with van der Waals surface area (Å²) in [6.07, 6.45) is 1.65. The second kappa shape index (κ2) is 6.74. The van der Waals surface area contributed by atoms with Crippen LogP contribution in [0.2, 0.25) is 5.02 Å². The summed E-state index contributed by atoms with van der Waals surface area (Å²) in [5.41, 5.74) is 0.426. The molecule has 3 aromatic rings. The van der Waals surface area contributed by atoms with Crippen molar-refractivity contribution in [2.45, 2.75) is 19.4 Å². The zero-order valence-corrected chi connectivity index (χ0v) is 16.5. The molecular formula is C19H18ClN3O3S. The van der Waals surface area contributed by atoms with Crippen molar-refractivity contribution < 1.29 is 9.53 Å². The molecule has 3 heterocycles. The molecule has 27 heavy (non-hydrogen) atoms. The molecule has 0 aliphatic carbocycles. The Morgan fingerprint density at radius 3 is 2.89 bits per heavy atom. The highest BCUT2D eigenvalue weighted by Gasteiger charge is 2.31. The molecule has 0 radical (unpaired) electrons. The van der Waals surface area contributed by atoms with Gasteiger partial charge in [-0.2, -0.15) is 0 Å². The lowest BCUT2D eigenvalue weighted by molar-refractivity contribution is -0.0763. The molecule has 1 aliphatic heterocycles. The van der Waals surface area contributed by atoms with Crippen LogP contribution < -0.4 is 5.56 Å². The molecule has 140 valence electrons. The van der Waals surface area contributed by atoms with Crippen LogP contribution in [0.5, 0.6) is 0 Å². The lowest BCUT2D eigenvalue weighted by Crippen LogP contribution is -2.50. The Morgan fingerprint density at radius 1 is 1.33 bits per heavy atom. The molecule has 4 rings (SSSR count). The predicted molar refractivity (Wildman–Crippen MR) is 106 cm³/mol. The largest absolute Gasteiger partial charge is 0.372 e. The molecule has 2 aromatic heterocycles. The van der Waals surface area contributed by atoms with Crippen LogP contribution in [0.15, 0.2) is 41.3 Å². The lowest BCUT2D eigenvalue weighted by Gasteiger charge is -2.38. The van der Waals surface area contributed by atoms with E-state index in [0.29, 0.717) is 46.2 Å². The van der Waals surface area contributed by atoms with Crippen molar-refractivity contribution in [3.63, 3.8) is 0 Å². The zero-order valence-electron chi connectivity index (χ0n) is 14.9. The molecule has 0 N–H and O–H groups in total. The third kappa shape index (κ3) is 3.38. The van der Waals surface area contributed by atoms with Gasteiger partial charge in [-0.15, -0.1) is 0 Å². The smallest absolute Gasteiger partial charge is 0.274 e.